The van der Waals surface area contributed by atoms with Crippen molar-refractivity contribution in [2.24, 2.45) is 0 Å². The molecule has 12 nitrogen and oxygen atoms in total. The molecule has 0 spiro atoms. The van der Waals surface area contributed by atoms with Gasteiger partial charge in [-0.25, -0.2) is 4.79 Å². The summed E-state index contributed by atoms with van der Waals surface area (Å²) in [4.78, 5) is 60.3. The molecule has 1 aromatic heterocycles. The highest BCUT2D eigenvalue weighted by Crippen LogP contribution is 2.36. The Kier molecular flexibility index (Phi) is 9.26. The van der Waals surface area contributed by atoms with E-state index in [4.69, 9.17) is 32.8 Å². The number of hydrogen-bond donors (Lipinski definition) is 0. The molecule has 1 aliphatic heterocycles. The average molecular weight is 583 g/mol. The molecule has 0 unspecified atom stereocenters. The van der Waals surface area contributed by atoms with Crippen molar-refractivity contribution in [3.05, 3.63) is 64.5 Å². The molecule has 0 radical (unpaired) electrons. The minimum Gasteiger partial charge on any atom is -0.463 e. The molecule has 0 saturated carbocycles. The van der Waals surface area contributed by atoms with Crippen LogP contribution in [0.1, 0.15) is 33.3 Å². The van der Waals surface area contributed by atoms with Crippen LogP contribution in [0.15, 0.2) is 57.7 Å². The topological polar surface area (TPSA) is 154 Å². The zero-order chi connectivity index (χ0) is 30.6. The molecule has 12 heteroatoms. The molecule has 4 rings (SSSR count). The Labute approximate surface area is 240 Å². The summed E-state index contributed by atoms with van der Waals surface area (Å²) in [6.45, 7) is 5.84. The van der Waals surface area contributed by atoms with Gasteiger partial charge in [-0.15, -0.1) is 0 Å². The van der Waals surface area contributed by atoms with Crippen molar-refractivity contribution in [1.82, 2.24) is 0 Å². The average Bonchev–Trinajstić information content (AvgIpc) is 2.92. The number of carbonyl (C=O) groups is 4. The highest BCUT2D eigenvalue weighted by Gasteiger charge is 2.53. The molecule has 0 N–H and O–H groups in total. The molecule has 2 aromatic carbocycles. The standard InChI is InChI=1S/C30H30O12/c1-15-23(12-11-21-22(13-25(35)42-26(15)21)20-9-7-6-8-10-20)40-30-29(39-19(5)34)28(38-18(4)33)27(37-17(3)32)24(41-30)14-36-16(2)31/h6-13,24,27-30H,14H2,1-5H3/t24-,27-,28+,29-,30+/m1/s1. The molecule has 0 bridgehead atoms. The molecule has 5 atom stereocenters. The van der Waals surface area contributed by atoms with Gasteiger partial charge in [0.1, 0.15) is 24.0 Å². The van der Waals surface area contributed by atoms with Gasteiger partial charge in [0, 0.05) is 44.7 Å². The number of benzene rings is 2. The van der Waals surface area contributed by atoms with Gasteiger partial charge in [0.2, 0.25) is 12.4 Å². The molecule has 1 saturated heterocycles. The first-order chi connectivity index (χ1) is 19.9. The van der Waals surface area contributed by atoms with E-state index in [0.29, 0.717) is 16.5 Å². The van der Waals surface area contributed by atoms with Gasteiger partial charge in [0.05, 0.1) is 0 Å². The fourth-order valence-corrected chi connectivity index (χ4v) is 4.74. The van der Waals surface area contributed by atoms with E-state index in [9.17, 15) is 24.0 Å². The number of carbonyl (C=O) groups excluding carboxylic acids is 4. The van der Waals surface area contributed by atoms with Gasteiger partial charge >= 0.3 is 29.5 Å². The van der Waals surface area contributed by atoms with E-state index >= 15 is 0 Å². The Hall–Kier alpha value is -4.71. The SMILES string of the molecule is CC(=O)OC[C@H]1O[C@H](Oc2ccc3c(-c4ccccc4)cc(=O)oc3c2C)[C@H](OC(C)=O)[C@@H](OC(C)=O)[C@@H]1OC(C)=O. The third-order valence-electron chi connectivity index (χ3n) is 6.39. The van der Waals surface area contributed by atoms with Gasteiger partial charge in [-0.3, -0.25) is 19.2 Å². The van der Waals surface area contributed by atoms with E-state index in [1.54, 1.807) is 19.1 Å². The molecule has 1 fully saturated rings. The third kappa shape index (κ3) is 6.95. The predicted molar refractivity (Wildman–Crippen MR) is 145 cm³/mol. The quantitative estimate of drug-likeness (QED) is 0.218. The minimum absolute atomic E-state index is 0.191. The first-order valence-electron chi connectivity index (χ1n) is 13.0. The maximum atomic E-state index is 12.5. The lowest BCUT2D eigenvalue weighted by molar-refractivity contribution is -0.288. The van der Waals surface area contributed by atoms with Crippen LogP contribution in [-0.4, -0.2) is 61.2 Å². The second-order valence-electron chi connectivity index (χ2n) is 9.60. The van der Waals surface area contributed by atoms with Gasteiger partial charge in [-0.2, -0.15) is 0 Å². The maximum Gasteiger partial charge on any atom is 0.336 e. The van der Waals surface area contributed by atoms with E-state index in [-0.39, 0.29) is 11.3 Å². The maximum absolute atomic E-state index is 12.5. The van der Waals surface area contributed by atoms with Crippen LogP contribution in [0.4, 0.5) is 0 Å². The van der Waals surface area contributed by atoms with Crippen molar-refractivity contribution in [3.8, 4) is 16.9 Å². The summed E-state index contributed by atoms with van der Waals surface area (Å²) in [5.74, 6) is -2.72. The highest BCUT2D eigenvalue weighted by atomic mass is 16.7. The monoisotopic (exact) mass is 582 g/mol. The largest absolute Gasteiger partial charge is 0.463 e. The molecular formula is C30H30O12. The second kappa shape index (κ2) is 12.9. The van der Waals surface area contributed by atoms with Crippen LogP contribution < -0.4 is 10.4 Å². The van der Waals surface area contributed by atoms with E-state index in [2.05, 4.69) is 0 Å². The Morgan fingerprint density at radius 1 is 0.786 bits per heavy atom. The van der Waals surface area contributed by atoms with Crippen molar-refractivity contribution < 1.29 is 52.0 Å². The summed E-state index contributed by atoms with van der Waals surface area (Å²) in [6, 6.07) is 14.0. The normalized spacial score (nSPS) is 21.7. The summed E-state index contributed by atoms with van der Waals surface area (Å²) >= 11 is 0. The molecule has 42 heavy (non-hydrogen) atoms. The van der Waals surface area contributed by atoms with Crippen molar-refractivity contribution in [2.75, 3.05) is 6.61 Å². The van der Waals surface area contributed by atoms with Crippen LogP contribution >= 0.6 is 0 Å². The molecule has 0 amide bonds. The lowest BCUT2D eigenvalue weighted by Gasteiger charge is -2.44. The van der Waals surface area contributed by atoms with Gasteiger partial charge in [-0.05, 0) is 30.2 Å². The van der Waals surface area contributed by atoms with Crippen molar-refractivity contribution in [1.29, 1.82) is 0 Å². The van der Waals surface area contributed by atoms with E-state index < -0.39 is 66.8 Å². The lowest BCUT2D eigenvalue weighted by atomic mass is 9.97. The Bertz CT molecular complexity index is 1540. The first-order valence-corrected chi connectivity index (χ1v) is 13.0. The summed E-state index contributed by atoms with van der Waals surface area (Å²) in [6.07, 6.45) is -6.74. The number of ether oxygens (including phenoxy) is 6. The first kappa shape index (κ1) is 30.3. The number of fused-ring (bicyclic) bond motifs is 1. The second-order valence-corrected chi connectivity index (χ2v) is 9.60. The number of esters is 4. The van der Waals surface area contributed by atoms with Crippen LogP contribution in [-0.2, 0) is 42.9 Å². The van der Waals surface area contributed by atoms with Crippen LogP contribution in [0.2, 0.25) is 0 Å². The molecular weight excluding hydrogens is 552 g/mol. The molecule has 3 aromatic rings. The molecule has 1 aliphatic rings. The smallest absolute Gasteiger partial charge is 0.336 e. The molecule has 2 heterocycles. The van der Waals surface area contributed by atoms with Crippen molar-refractivity contribution in [3.63, 3.8) is 0 Å². The van der Waals surface area contributed by atoms with Crippen LogP contribution in [0.5, 0.6) is 5.75 Å². The zero-order valence-electron chi connectivity index (χ0n) is 23.6. The third-order valence-corrected chi connectivity index (χ3v) is 6.39. The predicted octanol–water partition coefficient (Wildman–Crippen LogP) is 3.23. The summed E-state index contributed by atoms with van der Waals surface area (Å²) in [7, 11) is 0. The van der Waals surface area contributed by atoms with Gasteiger partial charge in [0.25, 0.3) is 0 Å². The van der Waals surface area contributed by atoms with Gasteiger partial charge in [0.15, 0.2) is 12.2 Å². The Morgan fingerprint density at radius 2 is 1.40 bits per heavy atom. The fourth-order valence-electron chi connectivity index (χ4n) is 4.74. The van der Waals surface area contributed by atoms with Crippen molar-refractivity contribution >= 4 is 34.8 Å². The summed E-state index contributed by atoms with van der Waals surface area (Å²) in [5, 5.41) is 0.646. The highest BCUT2D eigenvalue weighted by molar-refractivity contribution is 5.95. The molecule has 0 aliphatic carbocycles. The molecule has 222 valence electrons. The number of hydrogen-bond acceptors (Lipinski definition) is 12. The van der Waals surface area contributed by atoms with Crippen LogP contribution in [0, 0.1) is 6.92 Å². The fraction of sp³-hybridized carbons (Fsp3) is 0.367. The van der Waals surface area contributed by atoms with Gasteiger partial charge < -0.3 is 32.8 Å². The summed E-state index contributed by atoms with van der Waals surface area (Å²) < 4.78 is 39.1. The number of rotatable bonds is 8. The van der Waals surface area contributed by atoms with Crippen LogP contribution in [0.3, 0.4) is 0 Å². The number of aryl methyl sites for hydroxylation is 1. The Morgan fingerprint density at radius 3 is 2.02 bits per heavy atom. The van der Waals surface area contributed by atoms with Gasteiger partial charge in [-0.1, -0.05) is 30.3 Å². The van der Waals surface area contributed by atoms with E-state index in [1.807, 2.05) is 30.3 Å². The van der Waals surface area contributed by atoms with E-state index in [1.165, 1.54) is 13.0 Å². The minimum atomic E-state index is -1.44. The lowest BCUT2D eigenvalue weighted by Crippen LogP contribution is -2.63. The zero-order valence-corrected chi connectivity index (χ0v) is 23.6. The van der Waals surface area contributed by atoms with E-state index in [0.717, 1.165) is 26.3 Å². The summed E-state index contributed by atoms with van der Waals surface area (Å²) in [5.41, 5.74) is 1.57. The van der Waals surface area contributed by atoms with Crippen LogP contribution in [0.25, 0.3) is 22.1 Å². The van der Waals surface area contributed by atoms with Crippen molar-refractivity contribution in [2.45, 2.75) is 65.3 Å². The Balaban J connectivity index is 1.78.